The molecule has 0 saturated heterocycles. The van der Waals surface area contributed by atoms with E-state index >= 15 is 0 Å². The van der Waals surface area contributed by atoms with E-state index in [1.807, 2.05) is 67.9 Å². The van der Waals surface area contributed by atoms with E-state index in [9.17, 15) is 18.3 Å². The van der Waals surface area contributed by atoms with Crippen molar-refractivity contribution >= 4 is 39.0 Å². The number of benzene rings is 2. The number of carbonyl (C=O) groups is 2. The number of sulfonamides is 1. The van der Waals surface area contributed by atoms with Gasteiger partial charge in [-0.05, 0) is 36.1 Å². The highest BCUT2D eigenvalue weighted by molar-refractivity contribution is 7.92. The zero-order valence-corrected chi connectivity index (χ0v) is 23.6. The molecule has 0 saturated carbocycles. The third kappa shape index (κ3) is 7.17. The van der Waals surface area contributed by atoms with Gasteiger partial charge in [0.2, 0.25) is 10.0 Å². The van der Waals surface area contributed by atoms with Crippen LogP contribution in [0.1, 0.15) is 42.3 Å². The Kier molecular flexibility index (Phi) is 10.1. The minimum atomic E-state index is -3.50. The predicted molar refractivity (Wildman–Crippen MR) is 153 cm³/mol. The van der Waals surface area contributed by atoms with E-state index in [4.69, 9.17) is 9.90 Å². The summed E-state index contributed by atoms with van der Waals surface area (Å²) >= 11 is 0. The van der Waals surface area contributed by atoms with Gasteiger partial charge in [-0.2, -0.15) is 0 Å². The fraction of sp³-hybridized carbons (Fsp3) is 0.429. The summed E-state index contributed by atoms with van der Waals surface area (Å²) in [5.41, 5.74) is 3.77. The number of amides is 1. The lowest BCUT2D eigenvalue weighted by Crippen LogP contribution is -2.49. The van der Waals surface area contributed by atoms with E-state index in [1.54, 1.807) is 13.1 Å². The van der Waals surface area contributed by atoms with E-state index < -0.39 is 22.2 Å². The second-order valence-electron chi connectivity index (χ2n) is 9.88. The van der Waals surface area contributed by atoms with Crippen molar-refractivity contribution in [2.24, 2.45) is 0 Å². The third-order valence-corrected chi connectivity index (χ3v) is 8.57. The van der Waals surface area contributed by atoms with Crippen molar-refractivity contribution in [3.05, 3.63) is 65.4 Å². The summed E-state index contributed by atoms with van der Waals surface area (Å²) in [7, 11) is -1.96. The predicted octanol–water partition coefficient (Wildman–Crippen LogP) is 2.38. The van der Waals surface area contributed by atoms with Gasteiger partial charge < -0.3 is 25.4 Å². The molecule has 3 aromatic rings. The molecule has 0 aliphatic carbocycles. The van der Waals surface area contributed by atoms with Crippen LogP contribution in [0, 0.1) is 0 Å². The first-order valence-corrected chi connectivity index (χ1v) is 14.6. The standard InChI is InChI=1S/C27H36N4O4S.CH2O2/c1-5-20-17-31-11-12-36(34,35)30(4)24-15-21(14-22(20)26(24)31)27(33)29-23(25(32)16-28-18(2)3)13-19-9-7-6-8-10-19;2-1-3/h6-10,14-15,17-18,23,25,28,32H,5,11-13,16H2,1-4H3,(H,29,33);1H,(H,2,3)/t23-,25+;/m0./s1. The van der Waals surface area contributed by atoms with Crippen LogP contribution in [-0.4, -0.2) is 73.1 Å². The highest BCUT2D eigenvalue weighted by atomic mass is 32.2. The molecule has 1 amide bonds. The van der Waals surface area contributed by atoms with E-state index in [1.165, 1.54) is 4.31 Å². The Morgan fingerprint density at radius 1 is 1.18 bits per heavy atom. The second-order valence-corrected chi connectivity index (χ2v) is 12.0. The lowest BCUT2D eigenvalue weighted by molar-refractivity contribution is -0.122. The topological polar surface area (TPSA) is 141 Å². The van der Waals surface area contributed by atoms with Gasteiger partial charge in [-0.1, -0.05) is 51.1 Å². The Morgan fingerprint density at radius 3 is 2.46 bits per heavy atom. The molecule has 11 heteroatoms. The van der Waals surface area contributed by atoms with Gasteiger partial charge in [0.05, 0.1) is 29.1 Å². The minimum absolute atomic E-state index is 0.000831. The van der Waals surface area contributed by atoms with Crippen molar-refractivity contribution in [1.29, 1.82) is 0 Å². The number of nitrogens with zero attached hydrogens (tertiary/aromatic N) is 2. The van der Waals surface area contributed by atoms with Gasteiger partial charge in [-0.3, -0.25) is 13.9 Å². The molecule has 2 aromatic carbocycles. The van der Waals surface area contributed by atoms with Crippen LogP contribution in [0.4, 0.5) is 5.69 Å². The Bertz CT molecular complexity index is 1390. The average Bonchev–Trinajstić information content (AvgIpc) is 3.23. The van der Waals surface area contributed by atoms with Gasteiger partial charge in [0.25, 0.3) is 12.4 Å². The molecule has 1 aliphatic heterocycles. The van der Waals surface area contributed by atoms with Crippen molar-refractivity contribution in [1.82, 2.24) is 15.2 Å². The molecule has 0 spiro atoms. The number of anilines is 1. The van der Waals surface area contributed by atoms with Crippen LogP contribution in [0.15, 0.2) is 48.7 Å². The van der Waals surface area contributed by atoms with Crippen molar-refractivity contribution in [2.45, 2.75) is 58.3 Å². The zero-order chi connectivity index (χ0) is 28.7. The van der Waals surface area contributed by atoms with Crippen LogP contribution in [0.5, 0.6) is 0 Å². The Hall–Kier alpha value is -3.41. The van der Waals surface area contributed by atoms with Gasteiger partial charge in [0, 0.05) is 43.3 Å². The van der Waals surface area contributed by atoms with E-state index in [-0.39, 0.29) is 24.2 Å². The number of hydrogen-bond acceptors (Lipinski definition) is 6. The molecule has 0 radical (unpaired) electrons. The van der Waals surface area contributed by atoms with Crippen molar-refractivity contribution in [3.8, 4) is 0 Å². The van der Waals surface area contributed by atoms with Crippen molar-refractivity contribution in [2.75, 3.05) is 23.7 Å². The smallest absolute Gasteiger partial charge is 0.290 e. The molecule has 10 nitrogen and oxygen atoms in total. The molecule has 0 fully saturated rings. The molecule has 1 aromatic heterocycles. The number of nitrogens with one attached hydrogen (secondary N) is 2. The number of aromatic nitrogens is 1. The molecule has 212 valence electrons. The quantitative estimate of drug-likeness (QED) is 0.296. The summed E-state index contributed by atoms with van der Waals surface area (Å²) in [6, 6.07) is 12.9. The molecular formula is C28H38N4O6S. The summed E-state index contributed by atoms with van der Waals surface area (Å²) in [4.78, 5) is 21.9. The Balaban J connectivity index is 0.00000134. The zero-order valence-electron chi connectivity index (χ0n) is 22.8. The fourth-order valence-corrected chi connectivity index (χ4v) is 5.86. The van der Waals surface area contributed by atoms with Gasteiger partial charge in [-0.25, -0.2) is 8.42 Å². The van der Waals surface area contributed by atoms with Crippen LogP contribution in [0.2, 0.25) is 0 Å². The molecule has 2 heterocycles. The number of carbonyl (C=O) groups excluding carboxylic acids is 1. The van der Waals surface area contributed by atoms with Crippen LogP contribution in [0.3, 0.4) is 0 Å². The summed E-state index contributed by atoms with van der Waals surface area (Å²) in [6.45, 7) is 6.51. The van der Waals surface area contributed by atoms with Crippen molar-refractivity contribution in [3.63, 3.8) is 0 Å². The third-order valence-electron chi connectivity index (χ3n) is 6.84. The number of hydrogen-bond donors (Lipinski definition) is 4. The molecule has 2 atom stereocenters. The normalized spacial score (nSPS) is 15.7. The molecule has 39 heavy (non-hydrogen) atoms. The number of aryl methyl sites for hydroxylation is 2. The molecular weight excluding hydrogens is 520 g/mol. The number of rotatable bonds is 9. The number of aliphatic hydroxyl groups excluding tert-OH is 1. The maximum Gasteiger partial charge on any atom is 0.290 e. The fourth-order valence-electron chi connectivity index (χ4n) is 4.72. The number of aliphatic hydroxyl groups is 1. The summed E-state index contributed by atoms with van der Waals surface area (Å²) in [5.74, 6) is -0.344. The SMILES string of the molecule is CCc1cn2c3c(cc(C(=O)N[C@@H](Cc4ccccc4)[C@H](O)CNC(C)C)cc13)N(C)S(=O)(=O)CC2.O=CO. The first kappa shape index (κ1) is 30.1. The molecule has 0 unspecified atom stereocenters. The van der Waals surface area contributed by atoms with E-state index in [0.717, 1.165) is 28.5 Å². The number of carboxylic acid groups (broad SMARTS) is 1. The van der Waals surface area contributed by atoms with Crippen molar-refractivity contribution < 1.29 is 28.2 Å². The first-order valence-electron chi connectivity index (χ1n) is 13.0. The molecule has 4 N–H and O–H groups in total. The lowest BCUT2D eigenvalue weighted by atomic mass is 9.99. The van der Waals surface area contributed by atoms with Crippen LogP contribution < -0.4 is 14.9 Å². The molecule has 0 bridgehead atoms. The van der Waals surface area contributed by atoms with Gasteiger partial charge in [0.1, 0.15) is 0 Å². The Morgan fingerprint density at radius 2 is 1.85 bits per heavy atom. The highest BCUT2D eigenvalue weighted by Gasteiger charge is 2.29. The Labute approximate surface area is 229 Å². The minimum Gasteiger partial charge on any atom is -0.483 e. The molecule has 1 aliphatic rings. The maximum atomic E-state index is 13.6. The summed E-state index contributed by atoms with van der Waals surface area (Å²) in [6.07, 6.45) is 2.41. The first-order chi connectivity index (χ1) is 18.5. The van der Waals surface area contributed by atoms with Crippen LogP contribution in [0.25, 0.3) is 10.9 Å². The van der Waals surface area contributed by atoms with Gasteiger partial charge in [0.15, 0.2) is 0 Å². The summed E-state index contributed by atoms with van der Waals surface area (Å²) in [5, 5.41) is 25.0. The van der Waals surface area contributed by atoms with Gasteiger partial charge in [-0.15, -0.1) is 0 Å². The lowest BCUT2D eigenvalue weighted by Gasteiger charge is -2.26. The van der Waals surface area contributed by atoms with Crippen LogP contribution >= 0.6 is 0 Å². The van der Waals surface area contributed by atoms with E-state index in [2.05, 4.69) is 10.6 Å². The molecule has 4 rings (SSSR count). The van der Waals surface area contributed by atoms with E-state index in [0.29, 0.717) is 30.8 Å². The average molecular weight is 559 g/mol. The highest BCUT2D eigenvalue weighted by Crippen LogP contribution is 2.35. The van der Waals surface area contributed by atoms with Gasteiger partial charge >= 0.3 is 0 Å². The second kappa shape index (κ2) is 13.1. The van der Waals surface area contributed by atoms with Crippen LogP contribution in [-0.2, 0) is 34.2 Å². The maximum absolute atomic E-state index is 13.6. The monoisotopic (exact) mass is 558 g/mol. The summed E-state index contributed by atoms with van der Waals surface area (Å²) < 4.78 is 28.9. The largest absolute Gasteiger partial charge is 0.483 e.